The average Bonchev–Trinajstić information content (AvgIpc) is 3.60. The smallest absolute Gasteiger partial charge is 0.327 e. The number of carbonyl (C=O) groups excluding carboxylic acids is 2. The Morgan fingerprint density at radius 2 is 1.57 bits per heavy atom. The number of ether oxygens (including phenoxy) is 1. The van der Waals surface area contributed by atoms with Crippen molar-refractivity contribution in [2.45, 2.75) is 44.2 Å². The predicted molar refractivity (Wildman–Crippen MR) is 150 cm³/mol. The number of hydrogen-bond acceptors (Lipinski definition) is 5. The van der Waals surface area contributed by atoms with Gasteiger partial charge in [-0.05, 0) is 45.7 Å². The van der Waals surface area contributed by atoms with E-state index in [1.54, 1.807) is 22.4 Å². The van der Waals surface area contributed by atoms with Gasteiger partial charge in [0.15, 0.2) is 5.78 Å². The molecular weight excluding hydrogens is 531 g/mol. The van der Waals surface area contributed by atoms with Crippen molar-refractivity contribution < 1.29 is 28.6 Å². The van der Waals surface area contributed by atoms with Crippen molar-refractivity contribution in [3.8, 4) is 0 Å². The molecule has 0 spiro atoms. The van der Waals surface area contributed by atoms with Crippen molar-refractivity contribution in [1.29, 1.82) is 0 Å². The van der Waals surface area contributed by atoms with Crippen LogP contribution in [-0.4, -0.2) is 65.0 Å². The fraction of sp³-hybridized carbons (Fsp3) is 0.387. The molecule has 0 aliphatic carbocycles. The van der Waals surface area contributed by atoms with Crippen LogP contribution in [0.2, 0.25) is 0 Å². The molecule has 0 bridgehead atoms. The largest absolute Gasteiger partial charge is 0.480 e. The van der Waals surface area contributed by atoms with Gasteiger partial charge in [-0.1, -0.05) is 63.2 Å². The number of carbonyl (C=O) groups is 3. The van der Waals surface area contributed by atoms with Crippen LogP contribution in [0.25, 0.3) is 0 Å². The monoisotopic (exact) mass is 564 g/mol. The normalized spacial score (nSPS) is 23.3. The molecule has 1 aromatic heterocycles. The Morgan fingerprint density at radius 1 is 0.950 bits per heavy atom. The minimum absolute atomic E-state index is 0.123. The first-order chi connectivity index (χ1) is 19.1. The summed E-state index contributed by atoms with van der Waals surface area (Å²) >= 11 is 1.28. The first-order valence-corrected chi connectivity index (χ1v) is 14.3. The van der Waals surface area contributed by atoms with E-state index < -0.39 is 41.7 Å². The molecule has 2 aromatic carbocycles. The number of carboxylic acid groups (broad SMARTS) is 1. The van der Waals surface area contributed by atoms with Crippen molar-refractivity contribution in [2.24, 2.45) is 5.92 Å². The van der Waals surface area contributed by atoms with Crippen LogP contribution in [0.5, 0.6) is 0 Å². The van der Waals surface area contributed by atoms with Crippen molar-refractivity contribution in [3.63, 3.8) is 0 Å². The van der Waals surface area contributed by atoms with Crippen LogP contribution in [0, 0.1) is 11.7 Å². The molecule has 4 atom stereocenters. The van der Waals surface area contributed by atoms with Gasteiger partial charge in [0, 0.05) is 19.0 Å². The number of amides is 2. The summed E-state index contributed by atoms with van der Waals surface area (Å²) in [6.45, 7) is 7.58. The average molecular weight is 565 g/mol. The molecule has 3 heterocycles. The number of nitrogens with zero attached hydrogens (tertiary/aromatic N) is 2. The van der Waals surface area contributed by atoms with E-state index in [-0.39, 0.29) is 11.2 Å². The number of likely N-dealkylation sites (tertiary alicyclic amines) is 1. The zero-order valence-corrected chi connectivity index (χ0v) is 23.6. The Kier molecular flexibility index (Phi) is 7.79. The molecule has 9 heteroatoms. The summed E-state index contributed by atoms with van der Waals surface area (Å²) in [5.41, 5.74) is 2.12. The standard InChI is InChI=1S/C31H33FN2O5S/c1-31(2,3)21-10-6-19(7-11-21)24-25(28(35)23-5-4-18-40-23)26(20-8-12-22(32)13-9-20)34(27(24)29(36)37)30(38)33-14-16-39-17-15-33/h4-13,18,24-27H,14-17H2,1-3H3,(H,36,37). The molecule has 5 rings (SSSR count). The third-order valence-corrected chi connectivity index (χ3v) is 8.75. The molecule has 7 nitrogen and oxygen atoms in total. The number of ketones is 1. The molecule has 1 N–H and O–H groups in total. The van der Waals surface area contributed by atoms with Gasteiger partial charge in [0.05, 0.1) is 30.1 Å². The zero-order chi connectivity index (χ0) is 28.6. The highest BCUT2D eigenvalue weighted by molar-refractivity contribution is 7.12. The fourth-order valence-corrected chi connectivity index (χ4v) is 6.57. The lowest BCUT2D eigenvalue weighted by atomic mass is 9.76. The van der Waals surface area contributed by atoms with Gasteiger partial charge < -0.3 is 19.6 Å². The lowest BCUT2D eigenvalue weighted by molar-refractivity contribution is -0.142. The summed E-state index contributed by atoms with van der Waals surface area (Å²) in [7, 11) is 0. The number of Topliss-reactive ketones (excluding diaryl/α,β-unsaturated/α-hetero) is 1. The van der Waals surface area contributed by atoms with Crippen molar-refractivity contribution >= 4 is 29.1 Å². The highest BCUT2D eigenvalue weighted by Crippen LogP contribution is 2.52. The molecule has 4 unspecified atom stereocenters. The number of halogens is 1. The molecule has 2 fully saturated rings. The Hall–Kier alpha value is -3.56. The summed E-state index contributed by atoms with van der Waals surface area (Å²) in [6, 6.07) is 14.1. The van der Waals surface area contributed by atoms with Crippen LogP contribution in [0.15, 0.2) is 66.0 Å². The van der Waals surface area contributed by atoms with Crippen LogP contribution in [0.3, 0.4) is 0 Å². The van der Waals surface area contributed by atoms with Gasteiger partial charge in [0.1, 0.15) is 11.9 Å². The van der Waals surface area contributed by atoms with E-state index in [1.165, 1.54) is 40.5 Å². The van der Waals surface area contributed by atoms with Gasteiger partial charge >= 0.3 is 12.0 Å². The van der Waals surface area contributed by atoms with E-state index in [4.69, 9.17) is 4.74 Å². The third kappa shape index (κ3) is 5.28. The summed E-state index contributed by atoms with van der Waals surface area (Å²) < 4.78 is 19.4. The quantitative estimate of drug-likeness (QED) is 0.400. The van der Waals surface area contributed by atoms with Gasteiger partial charge in [0.2, 0.25) is 0 Å². The Labute approximate surface area is 237 Å². The van der Waals surface area contributed by atoms with Crippen LogP contribution in [-0.2, 0) is 14.9 Å². The van der Waals surface area contributed by atoms with Crippen LogP contribution >= 0.6 is 11.3 Å². The topological polar surface area (TPSA) is 87.2 Å². The molecule has 0 radical (unpaired) electrons. The van der Waals surface area contributed by atoms with Gasteiger partial charge in [-0.2, -0.15) is 0 Å². The number of morpholine rings is 1. The molecule has 2 saturated heterocycles. The van der Waals surface area contributed by atoms with Gasteiger partial charge in [0.25, 0.3) is 0 Å². The number of rotatable bonds is 5. The predicted octanol–water partition coefficient (Wildman–Crippen LogP) is 5.73. The molecule has 2 amide bonds. The second-order valence-corrected chi connectivity index (χ2v) is 12.3. The number of benzene rings is 2. The van der Waals surface area contributed by atoms with E-state index in [9.17, 15) is 23.9 Å². The second-order valence-electron chi connectivity index (χ2n) is 11.3. The lowest BCUT2D eigenvalue weighted by Gasteiger charge is -2.36. The van der Waals surface area contributed by atoms with Crippen LogP contribution in [0.1, 0.15) is 59.1 Å². The SMILES string of the molecule is CC(C)(C)c1ccc(C2C(C(=O)c3cccs3)C(c3ccc(F)cc3)N(C(=O)N3CCOCC3)C2C(=O)O)cc1. The molecule has 40 heavy (non-hydrogen) atoms. The molecule has 2 aliphatic heterocycles. The van der Waals surface area contributed by atoms with Crippen LogP contribution < -0.4 is 0 Å². The summed E-state index contributed by atoms with van der Waals surface area (Å²) in [4.78, 5) is 44.9. The molecular formula is C31H33FN2O5S. The van der Waals surface area contributed by atoms with E-state index in [0.717, 1.165) is 5.56 Å². The molecule has 3 aromatic rings. The Balaban J connectivity index is 1.71. The minimum Gasteiger partial charge on any atom is -0.480 e. The highest BCUT2D eigenvalue weighted by atomic mass is 32.1. The highest BCUT2D eigenvalue weighted by Gasteiger charge is 2.58. The van der Waals surface area contributed by atoms with Gasteiger partial charge in [-0.3, -0.25) is 4.79 Å². The maximum atomic E-state index is 14.3. The second kappa shape index (κ2) is 11.1. The fourth-order valence-electron chi connectivity index (χ4n) is 5.85. The Bertz CT molecular complexity index is 1360. The van der Waals surface area contributed by atoms with Crippen molar-refractivity contribution in [3.05, 3.63) is 93.4 Å². The van der Waals surface area contributed by atoms with Gasteiger partial charge in [-0.25, -0.2) is 14.0 Å². The maximum Gasteiger partial charge on any atom is 0.327 e. The van der Waals surface area contributed by atoms with Gasteiger partial charge in [-0.15, -0.1) is 11.3 Å². The summed E-state index contributed by atoms with van der Waals surface area (Å²) in [5.74, 6) is -3.63. The summed E-state index contributed by atoms with van der Waals surface area (Å²) in [5, 5.41) is 12.5. The zero-order valence-electron chi connectivity index (χ0n) is 22.7. The number of urea groups is 1. The van der Waals surface area contributed by atoms with E-state index in [2.05, 4.69) is 20.8 Å². The van der Waals surface area contributed by atoms with Crippen LogP contribution in [0.4, 0.5) is 9.18 Å². The first-order valence-electron chi connectivity index (χ1n) is 13.4. The number of aliphatic carboxylic acids is 1. The van der Waals surface area contributed by atoms with Crippen molar-refractivity contribution in [2.75, 3.05) is 26.3 Å². The van der Waals surface area contributed by atoms with E-state index >= 15 is 0 Å². The van der Waals surface area contributed by atoms with E-state index in [0.29, 0.717) is 42.3 Å². The maximum absolute atomic E-state index is 14.3. The lowest BCUT2D eigenvalue weighted by Crippen LogP contribution is -2.52. The number of hydrogen-bond donors (Lipinski definition) is 1. The first kappa shape index (κ1) is 28.0. The van der Waals surface area contributed by atoms with E-state index in [1.807, 2.05) is 24.3 Å². The minimum atomic E-state index is -1.32. The molecule has 0 saturated carbocycles. The molecule has 2 aliphatic rings. The van der Waals surface area contributed by atoms with Crippen molar-refractivity contribution in [1.82, 2.24) is 9.80 Å². The number of carboxylic acids is 1. The number of thiophene rings is 1. The third-order valence-electron chi connectivity index (χ3n) is 7.86. The Morgan fingerprint density at radius 3 is 2.12 bits per heavy atom. The molecule has 210 valence electrons. The summed E-state index contributed by atoms with van der Waals surface area (Å²) in [6.07, 6.45) is 0.